The second-order valence-electron chi connectivity index (χ2n) is 6.13. The highest BCUT2D eigenvalue weighted by molar-refractivity contribution is 5.88. The van der Waals surface area contributed by atoms with Crippen LogP contribution in [-0.4, -0.2) is 57.1 Å². The Morgan fingerprint density at radius 1 is 1.39 bits per heavy atom. The molecule has 2 aromatic heterocycles. The molecule has 3 heterocycles. The quantitative estimate of drug-likeness (QED) is 0.302. The summed E-state index contributed by atoms with van der Waals surface area (Å²) in [5.74, 6) is 1.18. The smallest absolute Gasteiger partial charge is 0.350 e. The van der Waals surface area contributed by atoms with Crippen LogP contribution in [0, 0.1) is 24.8 Å². The van der Waals surface area contributed by atoms with Crippen LogP contribution in [0.3, 0.4) is 0 Å². The van der Waals surface area contributed by atoms with Crippen molar-refractivity contribution in [1.82, 2.24) is 19.2 Å². The van der Waals surface area contributed by atoms with E-state index >= 15 is 0 Å². The fourth-order valence-electron chi connectivity index (χ4n) is 2.56. The van der Waals surface area contributed by atoms with E-state index in [1.165, 1.54) is 23.1 Å². The maximum Gasteiger partial charge on any atom is 0.350 e. The van der Waals surface area contributed by atoms with Gasteiger partial charge in [-0.2, -0.15) is 14.9 Å². The molecule has 33 heavy (non-hydrogen) atoms. The van der Waals surface area contributed by atoms with Gasteiger partial charge in [0.2, 0.25) is 6.08 Å². The molecule has 0 radical (unpaired) electrons. The Kier molecular flexibility index (Phi) is 11.1. The summed E-state index contributed by atoms with van der Waals surface area (Å²) < 4.78 is 7.81. The number of fused-ring (bicyclic) bond motifs is 1. The predicted molar refractivity (Wildman–Crippen MR) is 123 cm³/mol. The van der Waals surface area contributed by atoms with Gasteiger partial charge in [0.1, 0.15) is 11.9 Å². The van der Waals surface area contributed by atoms with Gasteiger partial charge in [0.15, 0.2) is 11.5 Å². The Morgan fingerprint density at radius 2 is 2.12 bits per heavy atom. The number of nitrogens with zero attached hydrogens (tertiary/aromatic N) is 9. The number of nitriles is 1. The molecule has 0 aliphatic carbocycles. The molecule has 0 fully saturated rings. The first-order valence-corrected chi connectivity index (χ1v) is 10.1. The molecule has 1 aliphatic heterocycles. The largest absolute Gasteiger partial charge is 0.481 e. The van der Waals surface area contributed by atoms with Crippen LogP contribution in [0.4, 0.5) is 5.69 Å². The molecule has 172 valence electrons. The molecule has 0 saturated heterocycles. The molecular formula is C21H25N9O3. The zero-order valence-corrected chi connectivity index (χ0v) is 19.2. The van der Waals surface area contributed by atoms with Gasteiger partial charge in [0.05, 0.1) is 37.2 Å². The minimum Gasteiger partial charge on any atom is -0.481 e. The molecule has 12 nitrogen and oxygen atoms in total. The fourth-order valence-corrected chi connectivity index (χ4v) is 2.56. The van der Waals surface area contributed by atoms with Crippen molar-refractivity contribution in [2.45, 2.75) is 41.2 Å². The number of isocyanates is 1. The molecule has 12 heteroatoms. The van der Waals surface area contributed by atoms with Gasteiger partial charge in [-0.25, -0.2) is 29.4 Å². The topological polar surface area (TPSA) is 144 Å². The van der Waals surface area contributed by atoms with Crippen molar-refractivity contribution in [3.05, 3.63) is 45.2 Å². The first-order chi connectivity index (χ1) is 15.9. The molecule has 0 amide bonds. The first kappa shape index (κ1) is 26.6. The highest BCUT2D eigenvalue weighted by atomic mass is 16.5. The number of carbonyl (C=O) groups excluding carboxylic acids is 1. The van der Waals surface area contributed by atoms with Gasteiger partial charge in [-0.05, 0) is 27.7 Å². The summed E-state index contributed by atoms with van der Waals surface area (Å²) in [4.78, 5) is 39.6. The van der Waals surface area contributed by atoms with Crippen LogP contribution in [0.2, 0.25) is 0 Å². The Labute approximate surface area is 191 Å². The number of rotatable bonds is 4. The molecule has 3 rings (SSSR count). The average molecular weight is 451 g/mol. The predicted octanol–water partition coefficient (Wildman–Crippen LogP) is 2.42. The Bertz CT molecular complexity index is 1250. The third-order valence-corrected chi connectivity index (χ3v) is 3.99. The Balaban J connectivity index is 0.000000277. The lowest BCUT2D eigenvalue weighted by Gasteiger charge is -2.05. The summed E-state index contributed by atoms with van der Waals surface area (Å²) in [6.07, 6.45) is 4.29. The van der Waals surface area contributed by atoms with E-state index in [1.54, 1.807) is 20.8 Å². The second-order valence-corrected chi connectivity index (χ2v) is 6.13. The molecule has 0 unspecified atom stereocenters. The molecule has 1 aliphatic rings. The molecule has 0 atom stereocenters. The molecule has 0 aromatic carbocycles. The van der Waals surface area contributed by atoms with E-state index in [-0.39, 0.29) is 5.69 Å². The van der Waals surface area contributed by atoms with E-state index < -0.39 is 0 Å². The van der Waals surface area contributed by atoms with Crippen LogP contribution in [0.15, 0.2) is 37.2 Å². The van der Waals surface area contributed by atoms with E-state index in [0.717, 1.165) is 4.52 Å². The van der Waals surface area contributed by atoms with Crippen molar-refractivity contribution >= 4 is 29.5 Å². The number of aliphatic imine (C=N–C) groups is 3. The molecule has 0 saturated carbocycles. The van der Waals surface area contributed by atoms with Gasteiger partial charge >= 0.3 is 5.69 Å². The van der Waals surface area contributed by atoms with E-state index in [4.69, 9.17) is 21.4 Å². The fraction of sp³-hybridized carbons (Fsp3) is 0.429. The monoisotopic (exact) mass is 451 g/mol. The SMILES string of the molecule is CCN=C=O.CCOC(C)=NC1=C(C#N)C=NC1.[C-]#[N+]c1cnn2c(=O)n(CC)c(C)nc12. The Hall–Kier alpha value is -4.41. The zero-order chi connectivity index (χ0) is 24.8. The van der Waals surface area contributed by atoms with Gasteiger partial charge in [0, 0.05) is 26.2 Å². The molecule has 0 spiro atoms. The van der Waals surface area contributed by atoms with E-state index in [9.17, 15) is 4.79 Å². The van der Waals surface area contributed by atoms with Crippen molar-refractivity contribution in [2.75, 3.05) is 19.7 Å². The van der Waals surface area contributed by atoms with Gasteiger partial charge < -0.3 is 4.74 Å². The lowest BCUT2D eigenvalue weighted by molar-refractivity contribution is 0.324. The van der Waals surface area contributed by atoms with Crippen LogP contribution in [0.5, 0.6) is 0 Å². The van der Waals surface area contributed by atoms with Crippen molar-refractivity contribution in [2.24, 2.45) is 15.0 Å². The summed E-state index contributed by atoms with van der Waals surface area (Å²) in [6.45, 7) is 18.1. The van der Waals surface area contributed by atoms with Gasteiger partial charge in [0.25, 0.3) is 5.69 Å². The van der Waals surface area contributed by atoms with E-state index in [0.29, 0.717) is 60.6 Å². The maximum atomic E-state index is 11.8. The third kappa shape index (κ3) is 7.35. The number of ether oxygens (including phenoxy) is 1. The molecular weight excluding hydrogens is 426 g/mol. The number of allylic oxidation sites excluding steroid dienone is 1. The van der Waals surface area contributed by atoms with E-state index in [1.807, 2.05) is 19.9 Å². The Morgan fingerprint density at radius 3 is 2.64 bits per heavy atom. The summed E-state index contributed by atoms with van der Waals surface area (Å²) in [5, 5.41) is 12.5. The number of aromatic nitrogens is 4. The van der Waals surface area contributed by atoms with Crippen LogP contribution >= 0.6 is 0 Å². The van der Waals surface area contributed by atoms with Gasteiger partial charge in [-0.15, -0.1) is 0 Å². The number of hydrogen-bond donors (Lipinski definition) is 0. The average Bonchev–Trinajstić information content (AvgIpc) is 3.42. The summed E-state index contributed by atoms with van der Waals surface area (Å²) in [7, 11) is 0. The third-order valence-electron chi connectivity index (χ3n) is 3.99. The maximum absolute atomic E-state index is 11.8. The zero-order valence-electron chi connectivity index (χ0n) is 19.2. The van der Waals surface area contributed by atoms with Crippen LogP contribution < -0.4 is 5.69 Å². The minimum atomic E-state index is -0.255. The lowest BCUT2D eigenvalue weighted by atomic mass is 10.3. The summed E-state index contributed by atoms with van der Waals surface area (Å²) in [5.41, 5.74) is 1.60. The second kappa shape index (κ2) is 13.8. The molecule has 0 N–H and O–H groups in total. The van der Waals surface area contributed by atoms with E-state index in [2.05, 4.69) is 29.9 Å². The number of hydrogen-bond acceptors (Lipinski definition) is 9. The standard InChI is InChI=1S/C9H9N5O.C9H11N3O.C3H5NO/c1-4-13-6(2)12-8-7(10-3)5-11-14(8)9(13)15;1-3-13-7(2)12-9-6-11-5-8(9)4-10;1-2-4-3-5/h5H,4H2,1-2H3;5H,3,6H2,1-2H3;2H2,1H3. The summed E-state index contributed by atoms with van der Waals surface area (Å²) >= 11 is 0. The minimum absolute atomic E-state index is 0.255. The van der Waals surface area contributed by atoms with Crippen molar-refractivity contribution in [1.29, 1.82) is 5.26 Å². The van der Waals surface area contributed by atoms with Crippen molar-refractivity contribution in [3.8, 4) is 6.07 Å². The van der Waals surface area contributed by atoms with Gasteiger partial charge in [-0.1, -0.05) is 0 Å². The molecule has 2 aromatic rings. The first-order valence-electron chi connectivity index (χ1n) is 10.1. The lowest BCUT2D eigenvalue weighted by Crippen LogP contribution is -2.29. The van der Waals surface area contributed by atoms with Crippen LogP contribution in [-0.2, 0) is 16.1 Å². The van der Waals surface area contributed by atoms with Crippen LogP contribution in [0.1, 0.15) is 33.5 Å². The summed E-state index contributed by atoms with van der Waals surface area (Å²) in [6, 6.07) is 2.03. The number of aryl methyl sites for hydroxylation is 1. The van der Waals surface area contributed by atoms with Gasteiger partial charge in [-0.3, -0.25) is 9.56 Å². The van der Waals surface area contributed by atoms with Crippen LogP contribution in [0.25, 0.3) is 10.5 Å². The highest BCUT2D eigenvalue weighted by Gasteiger charge is 2.11. The molecule has 0 bridgehead atoms. The normalized spacial score (nSPS) is 12.0. The van der Waals surface area contributed by atoms with Crippen molar-refractivity contribution in [3.63, 3.8) is 0 Å². The van der Waals surface area contributed by atoms with Crippen molar-refractivity contribution < 1.29 is 9.53 Å². The highest BCUT2D eigenvalue weighted by Crippen LogP contribution is 2.15.